The highest BCUT2D eigenvalue weighted by Gasteiger charge is 2.17. The molecule has 3 nitrogen and oxygen atoms in total. The van der Waals surface area contributed by atoms with Crippen LogP contribution in [0.25, 0.3) is 11.0 Å². The maximum Gasteiger partial charge on any atom is 0.339 e. The molecule has 0 aliphatic rings. The molecule has 0 amide bonds. The van der Waals surface area contributed by atoms with E-state index >= 15 is 0 Å². The van der Waals surface area contributed by atoms with Crippen LogP contribution in [0.5, 0.6) is 0 Å². The quantitative estimate of drug-likeness (QED) is 0.776. The SMILES string of the molecule is Cc1ccc(Cc2ccc3oc(C)c(C(=O)O)c3c2)cc1. The predicted octanol–water partition coefficient (Wildman–Crippen LogP) is 4.34. The fraction of sp³-hybridized carbons (Fsp3) is 0.167. The van der Waals surface area contributed by atoms with Gasteiger partial charge in [0.1, 0.15) is 16.9 Å². The number of hydrogen-bond donors (Lipinski definition) is 1. The number of benzene rings is 2. The van der Waals surface area contributed by atoms with Crippen LogP contribution in [0.2, 0.25) is 0 Å². The lowest BCUT2D eigenvalue weighted by molar-refractivity contribution is 0.0697. The summed E-state index contributed by atoms with van der Waals surface area (Å²) in [6.07, 6.45) is 0.777. The highest BCUT2D eigenvalue weighted by molar-refractivity contribution is 6.03. The molecule has 0 radical (unpaired) electrons. The molecule has 0 saturated heterocycles. The molecule has 21 heavy (non-hydrogen) atoms. The number of aryl methyl sites for hydroxylation is 2. The summed E-state index contributed by atoms with van der Waals surface area (Å²) >= 11 is 0. The number of fused-ring (bicyclic) bond motifs is 1. The average Bonchev–Trinajstić information content (AvgIpc) is 2.76. The summed E-state index contributed by atoms with van der Waals surface area (Å²) in [6, 6.07) is 14.1. The van der Waals surface area contributed by atoms with E-state index in [0.29, 0.717) is 16.7 Å². The lowest BCUT2D eigenvalue weighted by Crippen LogP contribution is -1.97. The molecular weight excluding hydrogens is 264 g/mol. The molecule has 0 spiro atoms. The van der Waals surface area contributed by atoms with Crippen LogP contribution in [0.15, 0.2) is 46.9 Å². The van der Waals surface area contributed by atoms with E-state index in [-0.39, 0.29) is 5.56 Å². The van der Waals surface area contributed by atoms with Gasteiger partial charge in [-0.3, -0.25) is 0 Å². The predicted molar refractivity (Wildman–Crippen MR) is 81.9 cm³/mol. The summed E-state index contributed by atoms with van der Waals surface area (Å²) in [5.74, 6) is -0.497. The van der Waals surface area contributed by atoms with Gasteiger partial charge < -0.3 is 9.52 Å². The fourth-order valence-electron chi connectivity index (χ4n) is 2.58. The van der Waals surface area contributed by atoms with Gasteiger partial charge in [-0.2, -0.15) is 0 Å². The van der Waals surface area contributed by atoms with Crippen molar-refractivity contribution in [2.24, 2.45) is 0 Å². The number of furan rings is 1. The first-order valence-electron chi connectivity index (χ1n) is 6.85. The minimum Gasteiger partial charge on any atom is -0.478 e. The molecule has 3 aromatic rings. The smallest absolute Gasteiger partial charge is 0.339 e. The molecule has 1 aromatic heterocycles. The summed E-state index contributed by atoms with van der Waals surface area (Å²) < 4.78 is 5.50. The molecule has 0 atom stereocenters. The summed E-state index contributed by atoms with van der Waals surface area (Å²) in [6.45, 7) is 3.74. The van der Waals surface area contributed by atoms with Gasteiger partial charge in [-0.25, -0.2) is 4.79 Å². The Hall–Kier alpha value is -2.55. The van der Waals surface area contributed by atoms with E-state index in [0.717, 1.165) is 12.0 Å². The zero-order chi connectivity index (χ0) is 15.0. The van der Waals surface area contributed by atoms with Gasteiger partial charge in [0.05, 0.1) is 0 Å². The van der Waals surface area contributed by atoms with Gasteiger partial charge in [-0.05, 0) is 43.5 Å². The second kappa shape index (κ2) is 5.09. The minimum atomic E-state index is -0.946. The van der Waals surface area contributed by atoms with E-state index in [9.17, 15) is 9.90 Å². The number of aromatic carboxylic acids is 1. The Morgan fingerprint density at radius 3 is 2.38 bits per heavy atom. The first-order chi connectivity index (χ1) is 10.0. The lowest BCUT2D eigenvalue weighted by atomic mass is 10.0. The molecule has 3 rings (SSSR count). The maximum atomic E-state index is 11.3. The summed E-state index contributed by atoms with van der Waals surface area (Å²) in [5.41, 5.74) is 4.40. The van der Waals surface area contributed by atoms with Crippen LogP contribution in [0.4, 0.5) is 0 Å². The van der Waals surface area contributed by atoms with Crippen LogP contribution in [0.1, 0.15) is 32.8 Å². The van der Waals surface area contributed by atoms with Crippen LogP contribution >= 0.6 is 0 Å². The van der Waals surface area contributed by atoms with Crippen molar-refractivity contribution in [2.75, 3.05) is 0 Å². The number of carboxylic acid groups (broad SMARTS) is 1. The molecule has 0 saturated carbocycles. The molecule has 106 valence electrons. The van der Waals surface area contributed by atoms with Gasteiger partial charge in [0.25, 0.3) is 0 Å². The van der Waals surface area contributed by atoms with Crippen molar-refractivity contribution in [1.29, 1.82) is 0 Å². The highest BCUT2D eigenvalue weighted by atomic mass is 16.4. The van der Waals surface area contributed by atoms with Crippen LogP contribution in [-0.4, -0.2) is 11.1 Å². The monoisotopic (exact) mass is 280 g/mol. The zero-order valence-electron chi connectivity index (χ0n) is 12.0. The third-order valence-electron chi connectivity index (χ3n) is 3.67. The van der Waals surface area contributed by atoms with Crippen molar-refractivity contribution in [3.05, 3.63) is 70.5 Å². The Labute approximate surface area is 122 Å². The molecule has 0 unspecified atom stereocenters. The largest absolute Gasteiger partial charge is 0.478 e. The Morgan fingerprint density at radius 2 is 1.71 bits per heavy atom. The van der Waals surface area contributed by atoms with E-state index in [1.165, 1.54) is 11.1 Å². The van der Waals surface area contributed by atoms with Crippen molar-refractivity contribution >= 4 is 16.9 Å². The molecule has 0 bridgehead atoms. The maximum absolute atomic E-state index is 11.3. The van der Waals surface area contributed by atoms with Gasteiger partial charge in [0.15, 0.2) is 0 Å². The Balaban J connectivity index is 2.02. The van der Waals surface area contributed by atoms with E-state index in [1.807, 2.05) is 18.2 Å². The second-order valence-corrected chi connectivity index (χ2v) is 5.33. The summed E-state index contributed by atoms with van der Waals surface area (Å²) in [7, 11) is 0. The van der Waals surface area contributed by atoms with Gasteiger partial charge in [-0.1, -0.05) is 35.9 Å². The topological polar surface area (TPSA) is 50.4 Å². The second-order valence-electron chi connectivity index (χ2n) is 5.33. The van der Waals surface area contributed by atoms with Crippen molar-refractivity contribution < 1.29 is 14.3 Å². The Bertz CT molecular complexity index is 810. The zero-order valence-corrected chi connectivity index (χ0v) is 12.0. The molecule has 1 heterocycles. The highest BCUT2D eigenvalue weighted by Crippen LogP contribution is 2.27. The summed E-state index contributed by atoms with van der Waals surface area (Å²) in [5, 5.41) is 9.97. The van der Waals surface area contributed by atoms with E-state index in [1.54, 1.807) is 6.92 Å². The van der Waals surface area contributed by atoms with Crippen LogP contribution in [0, 0.1) is 13.8 Å². The van der Waals surface area contributed by atoms with Crippen molar-refractivity contribution in [1.82, 2.24) is 0 Å². The van der Waals surface area contributed by atoms with Gasteiger partial charge in [-0.15, -0.1) is 0 Å². The normalized spacial score (nSPS) is 11.0. The molecule has 0 aliphatic heterocycles. The fourth-order valence-corrected chi connectivity index (χ4v) is 2.58. The van der Waals surface area contributed by atoms with Crippen LogP contribution in [0.3, 0.4) is 0 Å². The molecule has 1 N–H and O–H groups in total. The van der Waals surface area contributed by atoms with Gasteiger partial charge >= 0.3 is 5.97 Å². The van der Waals surface area contributed by atoms with Gasteiger partial charge in [0, 0.05) is 5.39 Å². The van der Waals surface area contributed by atoms with Crippen LogP contribution in [-0.2, 0) is 6.42 Å². The number of hydrogen-bond acceptors (Lipinski definition) is 2. The van der Waals surface area contributed by atoms with E-state index in [2.05, 4.69) is 31.2 Å². The lowest BCUT2D eigenvalue weighted by Gasteiger charge is -2.03. The average molecular weight is 280 g/mol. The third kappa shape index (κ3) is 2.55. The van der Waals surface area contributed by atoms with Gasteiger partial charge in [0.2, 0.25) is 0 Å². The molecule has 2 aromatic carbocycles. The van der Waals surface area contributed by atoms with E-state index in [4.69, 9.17) is 4.42 Å². The standard InChI is InChI=1S/C18H16O3/c1-11-3-5-13(6-4-11)9-14-7-8-16-15(10-14)17(18(19)20)12(2)21-16/h3-8,10H,9H2,1-2H3,(H,19,20). The molecule has 3 heteroatoms. The number of carbonyl (C=O) groups is 1. The summed E-state index contributed by atoms with van der Waals surface area (Å²) in [4.78, 5) is 11.3. The first-order valence-corrected chi connectivity index (χ1v) is 6.85. The first kappa shape index (κ1) is 13.4. The molecular formula is C18H16O3. The molecule has 0 aliphatic carbocycles. The van der Waals surface area contributed by atoms with Crippen molar-refractivity contribution in [2.45, 2.75) is 20.3 Å². The minimum absolute atomic E-state index is 0.260. The number of rotatable bonds is 3. The van der Waals surface area contributed by atoms with Crippen molar-refractivity contribution in [3.63, 3.8) is 0 Å². The van der Waals surface area contributed by atoms with E-state index < -0.39 is 5.97 Å². The third-order valence-corrected chi connectivity index (χ3v) is 3.67. The van der Waals surface area contributed by atoms with Crippen molar-refractivity contribution in [3.8, 4) is 0 Å². The number of carboxylic acids is 1. The molecule has 0 fully saturated rings. The van der Waals surface area contributed by atoms with Crippen LogP contribution < -0.4 is 0 Å². The Morgan fingerprint density at radius 1 is 1.05 bits per heavy atom. The Kier molecular flexibility index (Phi) is 3.26.